The van der Waals surface area contributed by atoms with Gasteiger partial charge in [0, 0.05) is 6.92 Å². The summed E-state index contributed by atoms with van der Waals surface area (Å²) in [6, 6.07) is 6.05. The first-order valence-corrected chi connectivity index (χ1v) is 5.94. The van der Waals surface area contributed by atoms with Crippen LogP contribution in [0.3, 0.4) is 0 Å². The van der Waals surface area contributed by atoms with Crippen molar-refractivity contribution in [2.75, 3.05) is 13.1 Å². The van der Waals surface area contributed by atoms with Crippen LogP contribution in [-0.4, -0.2) is 41.9 Å². The Morgan fingerprint density at radius 1 is 1.10 bits per heavy atom. The van der Waals surface area contributed by atoms with Crippen molar-refractivity contribution in [1.29, 1.82) is 0 Å². The number of ether oxygens (including phenoxy) is 1. The van der Waals surface area contributed by atoms with E-state index in [9.17, 15) is 19.2 Å². The van der Waals surface area contributed by atoms with Gasteiger partial charge in [-0.05, 0) is 12.1 Å². The van der Waals surface area contributed by atoms with Gasteiger partial charge in [0.05, 0.1) is 12.1 Å². The van der Waals surface area contributed by atoms with E-state index >= 15 is 0 Å². The van der Waals surface area contributed by atoms with Gasteiger partial charge in [0.25, 0.3) is 5.91 Å². The molecule has 2 amide bonds. The molecule has 0 atom stereocenters. The zero-order chi connectivity index (χ0) is 15.8. The normalized spacial score (nSPS) is 9.57. The average molecular weight is 294 g/mol. The molecule has 0 spiro atoms. The van der Waals surface area contributed by atoms with Crippen molar-refractivity contribution < 1.29 is 29.0 Å². The van der Waals surface area contributed by atoms with Gasteiger partial charge < -0.3 is 20.5 Å². The van der Waals surface area contributed by atoms with Gasteiger partial charge in [-0.3, -0.25) is 19.2 Å². The van der Waals surface area contributed by atoms with Crippen molar-refractivity contribution in [2.45, 2.75) is 6.92 Å². The summed E-state index contributed by atoms with van der Waals surface area (Å²) in [6.45, 7) is 0.285. The lowest BCUT2D eigenvalue weighted by Gasteiger charge is -2.09. The molecule has 0 unspecified atom stereocenters. The molecule has 0 aliphatic carbocycles. The van der Waals surface area contributed by atoms with Crippen LogP contribution in [0, 0.1) is 0 Å². The number of esters is 1. The molecular weight excluding hydrogens is 280 g/mol. The number of para-hydroxylation sites is 1. The second-order valence-electron chi connectivity index (χ2n) is 3.94. The topological polar surface area (TPSA) is 122 Å². The van der Waals surface area contributed by atoms with Gasteiger partial charge in [-0.2, -0.15) is 0 Å². The molecular formula is C13H14N2O6. The third kappa shape index (κ3) is 5.72. The Morgan fingerprint density at radius 3 is 2.38 bits per heavy atom. The summed E-state index contributed by atoms with van der Waals surface area (Å²) in [5, 5.41) is 12.8. The molecule has 1 aromatic rings. The highest BCUT2D eigenvalue weighted by Gasteiger charge is 2.14. The lowest BCUT2D eigenvalue weighted by Crippen LogP contribution is -2.39. The molecule has 0 aliphatic rings. The van der Waals surface area contributed by atoms with Gasteiger partial charge in [-0.25, -0.2) is 0 Å². The molecule has 8 heteroatoms. The largest absolute Gasteiger partial charge is 0.480 e. The Labute approximate surface area is 120 Å². The van der Waals surface area contributed by atoms with Crippen molar-refractivity contribution in [3.05, 3.63) is 29.8 Å². The standard InChI is InChI=1S/C13H14N2O6/c1-8(16)21-10-5-3-2-4-9(10)13(20)15-6-11(17)14-7-12(18)19/h2-5H,6-7H2,1H3,(H,14,17)(H,15,20)(H,18,19). The minimum atomic E-state index is -1.19. The molecule has 0 bridgehead atoms. The molecule has 8 nitrogen and oxygen atoms in total. The highest BCUT2D eigenvalue weighted by atomic mass is 16.5. The number of hydrogen-bond donors (Lipinski definition) is 3. The van der Waals surface area contributed by atoms with Crippen molar-refractivity contribution in [1.82, 2.24) is 10.6 Å². The minimum Gasteiger partial charge on any atom is -0.480 e. The predicted octanol–water partition coefficient (Wildman–Crippen LogP) is -0.457. The van der Waals surface area contributed by atoms with Gasteiger partial charge in [0.2, 0.25) is 5.91 Å². The molecule has 1 aromatic carbocycles. The van der Waals surface area contributed by atoms with E-state index < -0.39 is 30.3 Å². The molecule has 0 fully saturated rings. The molecule has 0 aliphatic heterocycles. The smallest absolute Gasteiger partial charge is 0.322 e. The average Bonchev–Trinajstić information content (AvgIpc) is 2.42. The number of amides is 2. The maximum atomic E-state index is 11.9. The Morgan fingerprint density at radius 2 is 1.76 bits per heavy atom. The van der Waals surface area contributed by atoms with Gasteiger partial charge in [0.1, 0.15) is 12.3 Å². The quantitative estimate of drug-likeness (QED) is 0.482. The number of nitrogens with one attached hydrogen (secondary N) is 2. The van der Waals surface area contributed by atoms with Crippen LogP contribution in [0.5, 0.6) is 5.75 Å². The number of hydrogen-bond acceptors (Lipinski definition) is 5. The van der Waals surface area contributed by atoms with Crippen LogP contribution in [0.15, 0.2) is 24.3 Å². The van der Waals surface area contributed by atoms with E-state index in [4.69, 9.17) is 9.84 Å². The number of carboxylic acid groups (broad SMARTS) is 1. The first-order chi connectivity index (χ1) is 9.90. The van der Waals surface area contributed by atoms with Crippen molar-refractivity contribution in [3.8, 4) is 5.75 Å². The molecule has 112 valence electrons. The molecule has 0 aromatic heterocycles. The Balaban J connectivity index is 2.61. The summed E-state index contributed by atoms with van der Waals surface area (Å²) in [5.74, 6) is -2.94. The second kappa shape index (κ2) is 7.63. The second-order valence-corrected chi connectivity index (χ2v) is 3.94. The van der Waals surface area contributed by atoms with Crippen molar-refractivity contribution in [3.63, 3.8) is 0 Å². The van der Waals surface area contributed by atoms with E-state index in [0.29, 0.717) is 0 Å². The number of carbonyl (C=O) groups excluding carboxylic acids is 3. The number of carbonyl (C=O) groups is 4. The number of aliphatic carboxylic acids is 1. The van der Waals surface area contributed by atoms with Crippen LogP contribution in [0.4, 0.5) is 0 Å². The highest BCUT2D eigenvalue weighted by Crippen LogP contribution is 2.17. The Hall–Kier alpha value is -2.90. The van der Waals surface area contributed by atoms with Gasteiger partial charge in [-0.1, -0.05) is 12.1 Å². The van der Waals surface area contributed by atoms with E-state index in [-0.39, 0.29) is 17.9 Å². The Bertz CT molecular complexity index is 570. The summed E-state index contributed by atoms with van der Waals surface area (Å²) in [6.07, 6.45) is 0. The fraction of sp³-hybridized carbons (Fsp3) is 0.231. The van der Waals surface area contributed by atoms with E-state index in [0.717, 1.165) is 0 Å². The van der Waals surface area contributed by atoms with E-state index in [2.05, 4.69) is 10.6 Å². The summed E-state index contributed by atoms with van der Waals surface area (Å²) in [7, 11) is 0. The van der Waals surface area contributed by atoms with Crippen LogP contribution in [0.1, 0.15) is 17.3 Å². The number of carboxylic acids is 1. The third-order valence-electron chi connectivity index (χ3n) is 2.23. The van der Waals surface area contributed by atoms with Crippen molar-refractivity contribution >= 4 is 23.8 Å². The first kappa shape index (κ1) is 16.2. The molecule has 0 radical (unpaired) electrons. The van der Waals surface area contributed by atoms with Gasteiger partial charge in [-0.15, -0.1) is 0 Å². The van der Waals surface area contributed by atoms with E-state index in [1.165, 1.54) is 19.1 Å². The molecule has 21 heavy (non-hydrogen) atoms. The van der Waals surface area contributed by atoms with Crippen LogP contribution in [-0.2, 0) is 14.4 Å². The zero-order valence-corrected chi connectivity index (χ0v) is 11.2. The highest BCUT2D eigenvalue weighted by molar-refractivity contribution is 5.99. The lowest BCUT2D eigenvalue weighted by molar-refractivity contribution is -0.137. The van der Waals surface area contributed by atoms with Gasteiger partial charge >= 0.3 is 11.9 Å². The molecule has 0 saturated heterocycles. The summed E-state index contributed by atoms with van der Waals surface area (Å²) >= 11 is 0. The fourth-order valence-corrected chi connectivity index (χ4v) is 1.39. The molecule has 3 N–H and O–H groups in total. The predicted molar refractivity (Wildman–Crippen MR) is 70.7 cm³/mol. The summed E-state index contributed by atoms with van der Waals surface area (Å²) in [5.41, 5.74) is 0.0961. The maximum absolute atomic E-state index is 11.9. The van der Waals surface area contributed by atoms with Gasteiger partial charge in [0.15, 0.2) is 0 Å². The SMILES string of the molecule is CC(=O)Oc1ccccc1C(=O)NCC(=O)NCC(=O)O. The van der Waals surface area contributed by atoms with E-state index in [1.807, 2.05) is 0 Å². The maximum Gasteiger partial charge on any atom is 0.322 e. The van der Waals surface area contributed by atoms with Crippen LogP contribution in [0.2, 0.25) is 0 Å². The number of rotatable bonds is 6. The van der Waals surface area contributed by atoms with Crippen molar-refractivity contribution in [2.24, 2.45) is 0 Å². The van der Waals surface area contributed by atoms with Crippen LogP contribution >= 0.6 is 0 Å². The van der Waals surface area contributed by atoms with Crippen LogP contribution < -0.4 is 15.4 Å². The fourth-order valence-electron chi connectivity index (χ4n) is 1.39. The molecule has 0 saturated carbocycles. The molecule has 0 heterocycles. The van der Waals surface area contributed by atoms with Crippen LogP contribution in [0.25, 0.3) is 0 Å². The summed E-state index contributed by atoms with van der Waals surface area (Å²) < 4.78 is 4.87. The van der Waals surface area contributed by atoms with E-state index in [1.54, 1.807) is 12.1 Å². The minimum absolute atomic E-state index is 0.0773. The number of benzene rings is 1. The summed E-state index contributed by atoms with van der Waals surface area (Å²) in [4.78, 5) is 44.4. The zero-order valence-electron chi connectivity index (χ0n) is 11.2. The monoisotopic (exact) mass is 294 g/mol. The third-order valence-corrected chi connectivity index (χ3v) is 2.23. The Kier molecular flexibility index (Phi) is 5.87. The first-order valence-electron chi connectivity index (χ1n) is 5.94. The molecule has 1 rings (SSSR count). The lowest BCUT2D eigenvalue weighted by atomic mass is 10.2.